The Balaban J connectivity index is 2.97. The molecule has 1 N–H and O–H groups in total. The van der Waals surface area contributed by atoms with Crippen molar-refractivity contribution in [3.05, 3.63) is 11.8 Å². The minimum absolute atomic E-state index is 0.503. The lowest BCUT2D eigenvalue weighted by molar-refractivity contribution is 0.189. The highest BCUT2D eigenvalue weighted by atomic mass is 16.5. The molecule has 62 valence electrons. The van der Waals surface area contributed by atoms with Gasteiger partial charge in [0.2, 0.25) is 5.88 Å². The first-order chi connectivity index (χ1) is 5.15. The highest BCUT2D eigenvalue weighted by Crippen LogP contribution is 2.16. The number of methoxy groups -OCH3 is 1. The molecule has 4 nitrogen and oxygen atoms in total. The molecule has 0 aliphatic carbocycles. The Hall–Kier alpha value is -1.03. The van der Waals surface area contributed by atoms with Crippen LogP contribution in [-0.4, -0.2) is 22.0 Å². The van der Waals surface area contributed by atoms with Gasteiger partial charge in [-0.2, -0.15) is 0 Å². The molecule has 0 aliphatic heterocycles. The second kappa shape index (κ2) is 2.92. The monoisotopic (exact) mass is 156 g/mol. The molecule has 1 aromatic heterocycles. The van der Waals surface area contributed by atoms with E-state index < -0.39 is 6.10 Å². The van der Waals surface area contributed by atoms with Crippen molar-refractivity contribution in [3.63, 3.8) is 0 Å². The van der Waals surface area contributed by atoms with Gasteiger partial charge in [0.25, 0.3) is 0 Å². The number of aliphatic hydroxyl groups is 1. The highest BCUT2D eigenvalue weighted by molar-refractivity contribution is 5.16. The summed E-state index contributed by atoms with van der Waals surface area (Å²) in [4.78, 5) is 0. The number of aryl methyl sites for hydroxylation is 1. The fourth-order valence-electron chi connectivity index (χ4n) is 0.945. The van der Waals surface area contributed by atoms with Crippen LogP contribution < -0.4 is 4.74 Å². The molecule has 0 amide bonds. The molecule has 1 rings (SSSR count). The number of rotatable bonds is 2. The predicted molar refractivity (Wildman–Crippen MR) is 40.4 cm³/mol. The van der Waals surface area contributed by atoms with Gasteiger partial charge < -0.3 is 9.84 Å². The zero-order valence-corrected chi connectivity index (χ0v) is 6.90. The van der Waals surface area contributed by atoms with Gasteiger partial charge in [-0.3, -0.25) is 4.68 Å². The van der Waals surface area contributed by atoms with Crippen LogP contribution in [0.25, 0.3) is 0 Å². The molecule has 0 saturated heterocycles. The molecule has 0 saturated carbocycles. The lowest BCUT2D eigenvalue weighted by Crippen LogP contribution is -2.01. The van der Waals surface area contributed by atoms with Crippen molar-refractivity contribution in [2.24, 2.45) is 7.05 Å². The van der Waals surface area contributed by atoms with Crippen molar-refractivity contribution >= 4 is 0 Å². The van der Waals surface area contributed by atoms with E-state index >= 15 is 0 Å². The average Bonchev–Trinajstić information content (AvgIpc) is 2.30. The third kappa shape index (κ3) is 1.51. The molecular formula is C7H12N2O2. The Morgan fingerprint density at radius 1 is 1.73 bits per heavy atom. The van der Waals surface area contributed by atoms with Gasteiger partial charge in [-0.1, -0.05) is 0 Å². The fourth-order valence-corrected chi connectivity index (χ4v) is 0.945. The molecular weight excluding hydrogens is 144 g/mol. The van der Waals surface area contributed by atoms with E-state index in [-0.39, 0.29) is 0 Å². The van der Waals surface area contributed by atoms with Gasteiger partial charge in [-0.05, 0) is 6.92 Å². The molecule has 11 heavy (non-hydrogen) atoms. The normalized spacial score (nSPS) is 13.1. The van der Waals surface area contributed by atoms with Crippen molar-refractivity contribution in [1.82, 2.24) is 9.78 Å². The largest absolute Gasteiger partial charge is 0.480 e. The van der Waals surface area contributed by atoms with Crippen LogP contribution in [0.2, 0.25) is 0 Å². The molecule has 4 heteroatoms. The van der Waals surface area contributed by atoms with Gasteiger partial charge in [0.05, 0.1) is 18.9 Å². The maximum absolute atomic E-state index is 9.20. The summed E-state index contributed by atoms with van der Waals surface area (Å²) >= 11 is 0. The summed E-state index contributed by atoms with van der Waals surface area (Å²) in [6.07, 6.45) is -0.503. The standard InChI is InChI=1S/C7H12N2O2/c1-5(10)6-4-7(11-3)8-9(6)2/h4-5,10H,1-3H3/t5-/m0/s1. The van der Waals surface area contributed by atoms with E-state index in [1.807, 2.05) is 0 Å². The molecule has 0 aromatic carbocycles. The van der Waals surface area contributed by atoms with Crippen LogP contribution in [0.5, 0.6) is 5.88 Å². The maximum Gasteiger partial charge on any atom is 0.232 e. The Morgan fingerprint density at radius 2 is 2.36 bits per heavy atom. The van der Waals surface area contributed by atoms with Gasteiger partial charge in [0.15, 0.2) is 0 Å². The molecule has 1 atom stereocenters. The van der Waals surface area contributed by atoms with Crippen LogP contribution in [0.15, 0.2) is 6.07 Å². The SMILES string of the molecule is COc1cc([C@H](C)O)n(C)n1. The van der Waals surface area contributed by atoms with Crippen molar-refractivity contribution < 1.29 is 9.84 Å². The molecule has 0 fully saturated rings. The molecule has 0 bridgehead atoms. The smallest absolute Gasteiger partial charge is 0.232 e. The quantitative estimate of drug-likeness (QED) is 0.677. The van der Waals surface area contributed by atoms with Gasteiger partial charge in [-0.25, -0.2) is 0 Å². The summed E-state index contributed by atoms with van der Waals surface area (Å²) in [7, 11) is 3.32. The third-order valence-electron chi connectivity index (χ3n) is 1.53. The molecule has 0 radical (unpaired) electrons. The number of aliphatic hydroxyl groups excluding tert-OH is 1. The van der Waals surface area contributed by atoms with Crippen molar-refractivity contribution in [2.45, 2.75) is 13.0 Å². The summed E-state index contributed by atoms with van der Waals surface area (Å²) < 4.78 is 6.48. The zero-order chi connectivity index (χ0) is 8.43. The number of aromatic nitrogens is 2. The minimum atomic E-state index is -0.503. The molecule has 1 aromatic rings. The highest BCUT2D eigenvalue weighted by Gasteiger charge is 2.08. The van der Waals surface area contributed by atoms with Crippen molar-refractivity contribution in [3.8, 4) is 5.88 Å². The van der Waals surface area contributed by atoms with Gasteiger partial charge in [0, 0.05) is 13.1 Å². The van der Waals surface area contributed by atoms with Crippen molar-refractivity contribution in [1.29, 1.82) is 0 Å². The van der Waals surface area contributed by atoms with Gasteiger partial charge in [0.1, 0.15) is 0 Å². The summed E-state index contributed by atoms with van der Waals surface area (Å²) in [6, 6.07) is 1.71. The molecule has 0 unspecified atom stereocenters. The lowest BCUT2D eigenvalue weighted by atomic mass is 10.3. The number of ether oxygens (including phenoxy) is 1. The van der Waals surface area contributed by atoms with E-state index in [0.717, 1.165) is 5.69 Å². The van der Waals surface area contributed by atoms with Gasteiger partial charge >= 0.3 is 0 Å². The Kier molecular flexibility index (Phi) is 2.14. The third-order valence-corrected chi connectivity index (χ3v) is 1.53. The second-order valence-electron chi connectivity index (χ2n) is 2.41. The molecule has 0 aliphatic rings. The van der Waals surface area contributed by atoms with E-state index in [1.54, 1.807) is 31.8 Å². The first-order valence-electron chi connectivity index (χ1n) is 3.41. The number of hydrogen-bond acceptors (Lipinski definition) is 3. The summed E-state index contributed by atoms with van der Waals surface area (Å²) in [5.41, 5.74) is 0.752. The average molecular weight is 156 g/mol. The van der Waals surface area contributed by atoms with Crippen LogP contribution in [0.3, 0.4) is 0 Å². The minimum Gasteiger partial charge on any atom is -0.480 e. The first kappa shape index (κ1) is 8.07. The van der Waals surface area contributed by atoms with E-state index in [9.17, 15) is 5.11 Å². The van der Waals surface area contributed by atoms with E-state index in [4.69, 9.17) is 4.74 Å². The summed E-state index contributed by atoms with van der Waals surface area (Å²) in [6.45, 7) is 1.69. The van der Waals surface area contributed by atoms with Crippen LogP contribution in [0.1, 0.15) is 18.7 Å². The Labute approximate surface area is 65.4 Å². The van der Waals surface area contributed by atoms with E-state index in [1.165, 1.54) is 0 Å². The van der Waals surface area contributed by atoms with Crippen LogP contribution in [0, 0.1) is 0 Å². The topological polar surface area (TPSA) is 47.3 Å². The summed E-state index contributed by atoms with van der Waals surface area (Å²) in [5.74, 6) is 0.531. The van der Waals surface area contributed by atoms with Crippen LogP contribution in [-0.2, 0) is 7.05 Å². The van der Waals surface area contributed by atoms with Crippen molar-refractivity contribution in [2.75, 3.05) is 7.11 Å². The Morgan fingerprint density at radius 3 is 2.64 bits per heavy atom. The van der Waals surface area contributed by atoms with E-state index in [2.05, 4.69) is 5.10 Å². The van der Waals surface area contributed by atoms with Crippen LogP contribution >= 0.6 is 0 Å². The zero-order valence-electron chi connectivity index (χ0n) is 6.90. The lowest BCUT2D eigenvalue weighted by Gasteiger charge is -2.01. The molecule has 0 spiro atoms. The van der Waals surface area contributed by atoms with Crippen LogP contribution in [0.4, 0.5) is 0 Å². The number of hydrogen-bond donors (Lipinski definition) is 1. The first-order valence-corrected chi connectivity index (χ1v) is 3.41. The summed E-state index contributed by atoms with van der Waals surface area (Å²) in [5, 5.41) is 13.2. The van der Waals surface area contributed by atoms with Gasteiger partial charge in [-0.15, -0.1) is 5.10 Å². The maximum atomic E-state index is 9.20. The Bertz CT molecular complexity index is 243. The second-order valence-corrected chi connectivity index (χ2v) is 2.41. The fraction of sp³-hybridized carbons (Fsp3) is 0.571. The predicted octanol–water partition coefficient (Wildman–Crippen LogP) is 0.482. The van der Waals surface area contributed by atoms with E-state index in [0.29, 0.717) is 5.88 Å². The number of nitrogens with zero attached hydrogens (tertiary/aromatic N) is 2. The molecule has 1 heterocycles.